The molecule has 8 heteroatoms. The number of aromatic nitrogens is 2. The van der Waals surface area contributed by atoms with E-state index in [1.165, 1.54) is 0 Å². The summed E-state index contributed by atoms with van der Waals surface area (Å²) in [6, 6.07) is 0.757. The summed E-state index contributed by atoms with van der Waals surface area (Å²) < 4.78 is 46.7. The summed E-state index contributed by atoms with van der Waals surface area (Å²) in [5.41, 5.74) is -1.16. The van der Waals surface area contributed by atoms with Gasteiger partial charge < -0.3 is 0 Å². The molecule has 1 heterocycles. The van der Waals surface area contributed by atoms with Crippen molar-refractivity contribution >= 4 is 9.84 Å². The van der Waals surface area contributed by atoms with Crippen molar-refractivity contribution in [3.05, 3.63) is 22.1 Å². The van der Waals surface area contributed by atoms with E-state index in [1.807, 2.05) is 0 Å². The lowest BCUT2D eigenvalue weighted by Gasteiger charge is -2.00. The number of halogens is 2. The minimum absolute atomic E-state index is 0.148. The van der Waals surface area contributed by atoms with Crippen molar-refractivity contribution in [1.29, 1.82) is 0 Å². The van der Waals surface area contributed by atoms with E-state index in [-0.39, 0.29) is 12.3 Å². The summed E-state index contributed by atoms with van der Waals surface area (Å²) in [7, 11) is -3.22. The lowest BCUT2D eigenvalue weighted by Crippen LogP contribution is -2.21. The Morgan fingerprint density at radius 3 is 2.53 bits per heavy atom. The molecule has 0 fully saturated rings. The monoisotopic (exact) mass is 240 g/mol. The van der Waals surface area contributed by atoms with E-state index in [2.05, 4.69) is 5.10 Å². The second kappa shape index (κ2) is 4.13. The van der Waals surface area contributed by atoms with Gasteiger partial charge in [0.05, 0.1) is 12.3 Å². The second-order valence-corrected chi connectivity index (χ2v) is 5.39. The van der Waals surface area contributed by atoms with Gasteiger partial charge in [-0.15, -0.1) is 0 Å². The van der Waals surface area contributed by atoms with Gasteiger partial charge in [-0.25, -0.2) is 17.2 Å². The predicted molar refractivity (Wildman–Crippen MR) is 49.7 cm³/mol. The standard InChI is InChI=1S/C7H10F2N2O3S/c1-15(13,14)3-2-11-6(12)4-5(10-11)7(8)9/h4,7,10H,2-3H2,1H3. The lowest BCUT2D eigenvalue weighted by atomic mass is 10.5. The topological polar surface area (TPSA) is 71.9 Å². The van der Waals surface area contributed by atoms with E-state index in [0.29, 0.717) is 0 Å². The van der Waals surface area contributed by atoms with Crippen LogP contribution in [0.2, 0.25) is 0 Å². The summed E-state index contributed by atoms with van der Waals surface area (Å²) in [4.78, 5) is 11.1. The Labute approximate surface area is 84.6 Å². The number of aryl methyl sites for hydroxylation is 1. The van der Waals surface area contributed by atoms with E-state index in [9.17, 15) is 22.0 Å². The molecule has 1 rings (SSSR count). The van der Waals surface area contributed by atoms with Crippen LogP contribution in [-0.4, -0.2) is 30.2 Å². The van der Waals surface area contributed by atoms with E-state index >= 15 is 0 Å². The van der Waals surface area contributed by atoms with Gasteiger partial charge in [-0.2, -0.15) is 0 Å². The number of aromatic amines is 1. The molecule has 0 aliphatic rings. The number of sulfone groups is 1. The van der Waals surface area contributed by atoms with Crippen LogP contribution in [0.15, 0.2) is 10.9 Å². The molecule has 1 aromatic rings. The van der Waals surface area contributed by atoms with Crippen molar-refractivity contribution in [1.82, 2.24) is 9.78 Å². The molecule has 0 saturated heterocycles. The summed E-state index contributed by atoms with van der Waals surface area (Å²) >= 11 is 0. The maximum atomic E-state index is 12.1. The van der Waals surface area contributed by atoms with Crippen molar-refractivity contribution in [3.63, 3.8) is 0 Å². The predicted octanol–water partition coefficient (Wildman–Crippen LogP) is 0.159. The summed E-state index contributed by atoms with van der Waals surface area (Å²) in [6.07, 6.45) is -1.76. The van der Waals surface area contributed by atoms with E-state index in [4.69, 9.17) is 0 Å². The maximum absolute atomic E-state index is 12.1. The molecular weight excluding hydrogens is 230 g/mol. The second-order valence-electron chi connectivity index (χ2n) is 3.13. The number of alkyl halides is 2. The fourth-order valence-electron chi connectivity index (χ4n) is 0.989. The minimum atomic E-state index is -3.22. The molecule has 86 valence electrons. The molecule has 0 spiro atoms. The van der Waals surface area contributed by atoms with Crippen LogP contribution in [0.25, 0.3) is 0 Å². The molecule has 0 unspecified atom stereocenters. The first kappa shape index (κ1) is 11.9. The van der Waals surface area contributed by atoms with Gasteiger partial charge in [-0.1, -0.05) is 0 Å². The van der Waals surface area contributed by atoms with Gasteiger partial charge in [0.2, 0.25) is 0 Å². The van der Waals surface area contributed by atoms with Crippen LogP contribution in [0.1, 0.15) is 12.1 Å². The molecule has 0 saturated carbocycles. The maximum Gasteiger partial charge on any atom is 0.279 e. The number of H-pyrrole nitrogens is 1. The Morgan fingerprint density at radius 1 is 1.53 bits per heavy atom. The minimum Gasteiger partial charge on any atom is -0.294 e. The Morgan fingerprint density at radius 2 is 2.13 bits per heavy atom. The Kier molecular flexibility index (Phi) is 3.28. The van der Waals surface area contributed by atoms with Crippen LogP contribution in [0.3, 0.4) is 0 Å². The molecule has 0 aromatic carbocycles. The Hall–Kier alpha value is -1.18. The third kappa shape index (κ3) is 3.46. The molecule has 15 heavy (non-hydrogen) atoms. The third-order valence-corrected chi connectivity index (χ3v) is 2.65. The molecule has 0 aliphatic heterocycles. The fraction of sp³-hybridized carbons (Fsp3) is 0.571. The van der Waals surface area contributed by atoms with Crippen molar-refractivity contribution in [2.45, 2.75) is 13.0 Å². The van der Waals surface area contributed by atoms with Gasteiger partial charge >= 0.3 is 0 Å². The molecule has 1 N–H and O–H groups in total. The Bertz CT molecular complexity index is 489. The van der Waals surface area contributed by atoms with Crippen LogP contribution in [0, 0.1) is 0 Å². The smallest absolute Gasteiger partial charge is 0.279 e. The number of nitrogens with zero attached hydrogens (tertiary/aromatic N) is 1. The molecule has 0 aliphatic carbocycles. The van der Waals surface area contributed by atoms with E-state index < -0.39 is 27.5 Å². The summed E-state index contributed by atoms with van der Waals surface area (Å²) in [6.45, 7) is -0.148. The van der Waals surface area contributed by atoms with Crippen LogP contribution in [-0.2, 0) is 16.4 Å². The third-order valence-electron chi connectivity index (χ3n) is 1.73. The highest BCUT2D eigenvalue weighted by molar-refractivity contribution is 7.90. The van der Waals surface area contributed by atoms with Crippen LogP contribution in [0.4, 0.5) is 8.78 Å². The van der Waals surface area contributed by atoms with Crippen LogP contribution >= 0.6 is 0 Å². The quantitative estimate of drug-likeness (QED) is 0.814. The van der Waals surface area contributed by atoms with Crippen molar-refractivity contribution in [2.24, 2.45) is 0 Å². The number of hydrogen-bond acceptors (Lipinski definition) is 3. The van der Waals surface area contributed by atoms with Gasteiger partial charge in [-0.05, 0) is 0 Å². The Balaban J connectivity index is 2.83. The SMILES string of the molecule is CS(=O)(=O)CCn1[nH]c(C(F)F)cc1=O. The highest BCUT2D eigenvalue weighted by Crippen LogP contribution is 2.13. The van der Waals surface area contributed by atoms with Gasteiger partial charge in [0.25, 0.3) is 12.0 Å². The zero-order valence-corrected chi connectivity index (χ0v) is 8.72. The zero-order chi connectivity index (χ0) is 11.6. The number of nitrogens with one attached hydrogen (secondary N) is 1. The first-order valence-electron chi connectivity index (χ1n) is 4.05. The molecule has 0 amide bonds. The number of rotatable bonds is 4. The van der Waals surface area contributed by atoms with Crippen molar-refractivity contribution < 1.29 is 17.2 Å². The van der Waals surface area contributed by atoms with Crippen molar-refractivity contribution in [3.8, 4) is 0 Å². The number of hydrogen-bond donors (Lipinski definition) is 1. The summed E-state index contributed by atoms with van der Waals surface area (Å²) in [5, 5.41) is 2.14. The van der Waals surface area contributed by atoms with Gasteiger partial charge in [0.15, 0.2) is 0 Å². The molecule has 0 atom stereocenters. The largest absolute Gasteiger partial charge is 0.294 e. The van der Waals surface area contributed by atoms with E-state index in [0.717, 1.165) is 17.0 Å². The normalized spacial score (nSPS) is 12.3. The molecular formula is C7H10F2N2O3S. The highest BCUT2D eigenvalue weighted by atomic mass is 32.2. The summed E-state index contributed by atoms with van der Waals surface area (Å²) in [5.74, 6) is -0.268. The van der Waals surface area contributed by atoms with E-state index in [1.54, 1.807) is 0 Å². The average Bonchev–Trinajstić information content (AvgIpc) is 2.42. The molecule has 1 aromatic heterocycles. The van der Waals surface area contributed by atoms with Crippen molar-refractivity contribution in [2.75, 3.05) is 12.0 Å². The highest BCUT2D eigenvalue weighted by Gasteiger charge is 2.12. The molecule has 0 radical (unpaired) electrons. The first-order valence-corrected chi connectivity index (χ1v) is 6.11. The lowest BCUT2D eigenvalue weighted by molar-refractivity contribution is 0.145. The first-order chi connectivity index (χ1) is 6.79. The fourth-order valence-corrected chi connectivity index (χ4v) is 1.50. The molecule has 0 bridgehead atoms. The molecule has 5 nitrogen and oxygen atoms in total. The average molecular weight is 240 g/mol. The van der Waals surface area contributed by atoms with Gasteiger partial charge in [0.1, 0.15) is 15.5 Å². The van der Waals surface area contributed by atoms with Gasteiger partial charge in [0, 0.05) is 12.3 Å². The van der Waals surface area contributed by atoms with Crippen LogP contribution in [0.5, 0.6) is 0 Å². The van der Waals surface area contributed by atoms with Crippen LogP contribution < -0.4 is 5.56 Å². The zero-order valence-electron chi connectivity index (χ0n) is 7.91. The van der Waals surface area contributed by atoms with Gasteiger partial charge in [-0.3, -0.25) is 14.6 Å².